The van der Waals surface area contributed by atoms with Gasteiger partial charge in [0.1, 0.15) is 5.15 Å². The molecule has 5 nitrogen and oxygen atoms in total. The molecular formula is C23H22ClN4O+. The number of halogens is 1. The number of nitroso groups, excluding NO2 is 1. The first-order valence-corrected chi connectivity index (χ1v) is 10.4. The van der Waals surface area contributed by atoms with Crippen LogP contribution in [0.3, 0.4) is 0 Å². The van der Waals surface area contributed by atoms with Gasteiger partial charge in [0.25, 0.3) is 5.69 Å². The first-order valence-electron chi connectivity index (χ1n) is 10.1. The fourth-order valence-electron chi connectivity index (χ4n) is 4.46. The molecule has 1 saturated heterocycles. The summed E-state index contributed by atoms with van der Waals surface area (Å²) in [4.78, 5) is 22.2. The molecule has 0 saturated carbocycles. The van der Waals surface area contributed by atoms with E-state index < -0.39 is 0 Å². The van der Waals surface area contributed by atoms with Crippen molar-refractivity contribution in [1.29, 1.82) is 0 Å². The van der Waals surface area contributed by atoms with E-state index in [9.17, 15) is 4.91 Å². The van der Waals surface area contributed by atoms with Crippen LogP contribution in [0, 0.1) is 10.8 Å². The molecule has 0 bridgehead atoms. The van der Waals surface area contributed by atoms with Gasteiger partial charge in [-0.25, -0.2) is 9.98 Å². The maximum atomic E-state index is 13.4. The third-order valence-corrected chi connectivity index (χ3v) is 6.20. The van der Waals surface area contributed by atoms with Gasteiger partial charge in [-0.15, -0.1) is 0 Å². The average Bonchev–Trinajstić information content (AvgIpc) is 2.77. The van der Waals surface area contributed by atoms with Crippen molar-refractivity contribution in [2.24, 2.45) is 10.9 Å². The van der Waals surface area contributed by atoms with Gasteiger partial charge in [-0.3, -0.25) is 0 Å². The Balaban J connectivity index is 1.59. The second-order valence-electron chi connectivity index (χ2n) is 7.79. The quantitative estimate of drug-likeness (QED) is 0.509. The molecule has 1 aromatic heterocycles. The van der Waals surface area contributed by atoms with E-state index in [-0.39, 0.29) is 12.1 Å². The second-order valence-corrected chi connectivity index (χ2v) is 8.17. The molecule has 0 amide bonds. The summed E-state index contributed by atoms with van der Waals surface area (Å²) in [7, 11) is 0. The Hall–Kier alpha value is -2.63. The molecule has 6 heteroatoms. The van der Waals surface area contributed by atoms with Crippen molar-refractivity contribution in [1.82, 2.24) is 10.3 Å². The molecule has 3 heterocycles. The molecule has 0 spiro atoms. The average molecular weight is 406 g/mol. The van der Waals surface area contributed by atoms with E-state index in [1.54, 1.807) is 12.3 Å². The lowest BCUT2D eigenvalue weighted by molar-refractivity contribution is -0.516. The zero-order valence-electron chi connectivity index (χ0n) is 16.0. The molecular weight excluding hydrogens is 384 g/mol. The Morgan fingerprint density at radius 2 is 1.90 bits per heavy atom. The SMILES string of the molecule is O=[N+]1c2cc(Cc3ccc(Cl)nc3)c3ccccc3c2C=NC1C1CCNCC1. The van der Waals surface area contributed by atoms with Crippen LogP contribution in [0.15, 0.2) is 53.7 Å². The number of nitrogens with zero attached hydrogens (tertiary/aromatic N) is 3. The topological polar surface area (TPSA) is 57.4 Å². The van der Waals surface area contributed by atoms with E-state index in [1.165, 1.54) is 0 Å². The highest BCUT2D eigenvalue weighted by atomic mass is 35.5. The summed E-state index contributed by atoms with van der Waals surface area (Å²) < 4.78 is 1.14. The maximum absolute atomic E-state index is 13.4. The summed E-state index contributed by atoms with van der Waals surface area (Å²) >= 11 is 5.94. The molecule has 2 aliphatic rings. The Morgan fingerprint density at radius 3 is 2.66 bits per heavy atom. The van der Waals surface area contributed by atoms with Crippen molar-refractivity contribution in [2.75, 3.05) is 13.1 Å². The van der Waals surface area contributed by atoms with Crippen LogP contribution in [0.4, 0.5) is 5.69 Å². The maximum Gasteiger partial charge on any atom is 0.302 e. The highest BCUT2D eigenvalue weighted by molar-refractivity contribution is 6.29. The van der Waals surface area contributed by atoms with Gasteiger partial charge in [0, 0.05) is 23.4 Å². The largest absolute Gasteiger partial charge is 0.317 e. The molecule has 146 valence electrons. The van der Waals surface area contributed by atoms with E-state index in [2.05, 4.69) is 27.4 Å². The Morgan fingerprint density at radius 1 is 1.10 bits per heavy atom. The third-order valence-electron chi connectivity index (χ3n) is 5.97. The molecule has 2 aromatic carbocycles. The number of nitrogens with one attached hydrogen (secondary N) is 1. The zero-order chi connectivity index (χ0) is 19.8. The summed E-state index contributed by atoms with van der Waals surface area (Å²) in [6.07, 6.45) is 6.02. The number of benzene rings is 2. The molecule has 29 heavy (non-hydrogen) atoms. The summed E-state index contributed by atoms with van der Waals surface area (Å²) in [6.45, 7) is 1.90. The van der Waals surface area contributed by atoms with E-state index in [0.717, 1.165) is 63.8 Å². The third kappa shape index (κ3) is 3.45. The number of aliphatic imine (C=N–C) groups is 1. The van der Waals surface area contributed by atoms with Gasteiger partial charge < -0.3 is 5.32 Å². The minimum atomic E-state index is -0.337. The van der Waals surface area contributed by atoms with Crippen LogP contribution in [0.1, 0.15) is 29.5 Å². The van der Waals surface area contributed by atoms with Gasteiger partial charge in [0.2, 0.25) is 0 Å². The Bertz CT molecular complexity index is 1100. The van der Waals surface area contributed by atoms with Crippen molar-refractivity contribution < 1.29 is 4.76 Å². The number of piperidine rings is 1. The predicted molar refractivity (Wildman–Crippen MR) is 116 cm³/mol. The van der Waals surface area contributed by atoms with Crippen molar-refractivity contribution in [2.45, 2.75) is 25.4 Å². The zero-order valence-corrected chi connectivity index (χ0v) is 16.8. The lowest BCUT2D eigenvalue weighted by Crippen LogP contribution is -2.38. The minimum Gasteiger partial charge on any atom is -0.317 e. The van der Waals surface area contributed by atoms with Gasteiger partial charge in [-0.1, -0.05) is 41.9 Å². The van der Waals surface area contributed by atoms with Crippen molar-refractivity contribution in [3.05, 3.63) is 75.4 Å². The number of hydrogen-bond acceptors (Lipinski definition) is 4. The number of aromatic nitrogens is 1. The molecule has 1 fully saturated rings. The molecule has 0 aliphatic carbocycles. The normalized spacial score (nSPS) is 19.5. The highest BCUT2D eigenvalue weighted by Gasteiger charge is 2.40. The molecule has 0 radical (unpaired) electrons. The van der Waals surface area contributed by atoms with Gasteiger partial charge >= 0.3 is 6.17 Å². The van der Waals surface area contributed by atoms with Crippen molar-refractivity contribution in [3.8, 4) is 0 Å². The van der Waals surface area contributed by atoms with Crippen molar-refractivity contribution >= 4 is 34.3 Å². The van der Waals surface area contributed by atoms with E-state index in [1.807, 2.05) is 30.5 Å². The second kappa shape index (κ2) is 7.65. The summed E-state index contributed by atoms with van der Waals surface area (Å²) in [5.41, 5.74) is 3.82. The highest BCUT2D eigenvalue weighted by Crippen LogP contribution is 2.36. The molecule has 1 N–H and O–H groups in total. The van der Waals surface area contributed by atoms with Gasteiger partial charge in [-0.2, -0.15) is 0 Å². The first kappa shape index (κ1) is 18.4. The Labute approximate surface area is 174 Å². The van der Waals surface area contributed by atoms with E-state index in [0.29, 0.717) is 11.6 Å². The van der Waals surface area contributed by atoms with Crippen LogP contribution >= 0.6 is 11.6 Å². The molecule has 3 aromatic rings. The van der Waals surface area contributed by atoms with Crippen LogP contribution in [-0.2, 0) is 6.42 Å². The minimum absolute atomic E-state index is 0.286. The standard InChI is InChI=1S/C23H22ClN4O/c24-22-6-5-15(13-26-22)11-17-12-21-20(19-4-2-1-3-18(17)19)14-27-23(28(21)29)16-7-9-25-10-8-16/h1-6,12-14,16,23,25H,7-11H2/q+1. The number of hydrogen-bond donors (Lipinski definition) is 1. The van der Waals surface area contributed by atoms with Crippen LogP contribution < -0.4 is 5.32 Å². The smallest absolute Gasteiger partial charge is 0.302 e. The van der Waals surface area contributed by atoms with E-state index >= 15 is 0 Å². The summed E-state index contributed by atoms with van der Waals surface area (Å²) in [5, 5.41) is 6.05. The lowest BCUT2D eigenvalue weighted by Gasteiger charge is -2.25. The monoisotopic (exact) mass is 405 g/mol. The molecule has 2 aliphatic heterocycles. The van der Waals surface area contributed by atoms with Crippen LogP contribution in [0.5, 0.6) is 0 Å². The van der Waals surface area contributed by atoms with Crippen LogP contribution in [0.25, 0.3) is 10.8 Å². The van der Waals surface area contributed by atoms with Gasteiger partial charge in [0.05, 0.1) is 16.2 Å². The molecule has 5 rings (SSSR count). The molecule has 1 unspecified atom stereocenters. The Kier molecular flexibility index (Phi) is 4.86. The summed E-state index contributed by atoms with van der Waals surface area (Å²) in [6, 6.07) is 14.1. The van der Waals surface area contributed by atoms with Crippen LogP contribution in [-0.4, -0.2) is 35.2 Å². The number of pyridine rings is 1. The van der Waals surface area contributed by atoms with Crippen molar-refractivity contribution in [3.63, 3.8) is 0 Å². The van der Waals surface area contributed by atoms with Crippen LogP contribution in [0.2, 0.25) is 5.15 Å². The van der Waals surface area contributed by atoms with E-state index in [4.69, 9.17) is 11.6 Å². The number of rotatable bonds is 3. The van der Waals surface area contributed by atoms with Gasteiger partial charge in [0.15, 0.2) is 0 Å². The molecule has 1 atom stereocenters. The van der Waals surface area contributed by atoms with Gasteiger partial charge in [-0.05, 0) is 60.3 Å². The fourth-order valence-corrected chi connectivity index (χ4v) is 4.57. The number of fused-ring (bicyclic) bond motifs is 3. The lowest BCUT2D eigenvalue weighted by atomic mass is 9.91. The summed E-state index contributed by atoms with van der Waals surface area (Å²) in [5.74, 6) is 0.286. The first-order chi connectivity index (χ1) is 14.2. The predicted octanol–water partition coefficient (Wildman–Crippen LogP) is 4.65. The fraction of sp³-hybridized carbons (Fsp3) is 0.304.